The summed E-state index contributed by atoms with van der Waals surface area (Å²) >= 11 is 0. The average molecular weight is 500 g/mol. The fraction of sp³-hybridized carbons (Fsp3) is 0.333. The van der Waals surface area contributed by atoms with Crippen molar-refractivity contribution in [2.75, 3.05) is 38.5 Å². The van der Waals surface area contributed by atoms with E-state index in [1.165, 1.54) is 6.21 Å². The quantitative estimate of drug-likeness (QED) is 0.312. The maximum Gasteiger partial charge on any atom is 0.260 e. The monoisotopic (exact) mass is 499 g/mol. The Morgan fingerprint density at radius 3 is 2.54 bits per heavy atom. The molecule has 2 aliphatic rings. The number of rotatable bonds is 6. The third-order valence-electron chi connectivity index (χ3n) is 7.75. The highest BCUT2D eigenvalue weighted by molar-refractivity contribution is 6.02. The normalized spacial score (nSPS) is 18.6. The number of aromatic nitrogens is 1. The van der Waals surface area contributed by atoms with Gasteiger partial charge in [-0.15, -0.1) is 0 Å². The number of alkyl halides is 1. The summed E-state index contributed by atoms with van der Waals surface area (Å²) in [6.45, 7) is 4.43. The lowest BCUT2D eigenvalue weighted by molar-refractivity contribution is -0.146. The molecule has 1 amide bonds. The molecule has 0 saturated carbocycles. The molecule has 1 fully saturated rings. The minimum Gasteiger partial charge on any atom is -0.398 e. The third-order valence-corrected chi connectivity index (χ3v) is 7.75. The number of amides is 1. The van der Waals surface area contributed by atoms with Gasteiger partial charge in [0.15, 0.2) is 5.67 Å². The van der Waals surface area contributed by atoms with Gasteiger partial charge in [-0.2, -0.15) is 0 Å². The molecule has 0 radical (unpaired) electrons. The van der Waals surface area contributed by atoms with Crippen LogP contribution < -0.4 is 5.73 Å². The molecule has 4 N–H and O–H groups in total. The highest BCUT2D eigenvalue weighted by Crippen LogP contribution is 2.40. The number of nitrogens with one attached hydrogen (secondary N) is 2. The number of piperidine rings is 1. The molecule has 1 aromatic heterocycles. The van der Waals surface area contributed by atoms with Gasteiger partial charge in [0.1, 0.15) is 0 Å². The number of likely N-dealkylation sites (tertiary alicyclic amines) is 1. The lowest BCUT2D eigenvalue weighted by Gasteiger charge is -2.39. The van der Waals surface area contributed by atoms with Crippen LogP contribution >= 0.6 is 0 Å². The van der Waals surface area contributed by atoms with E-state index in [0.29, 0.717) is 44.8 Å². The first-order valence-corrected chi connectivity index (χ1v) is 12.9. The Morgan fingerprint density at radius 2 is 1.86 bits per heavy atom. The maximum absolute atomic E-state index is 15.8. The molecule has 5 rings (SSSR count). The van der Waals surface area contributed by atoms with Gasteiger partial charge in [0.05, 0.1) is 5.69 Å². The van der Waals surface area contributed by atoms with E-state index in [2.05, 4.69) is 28.1 Å². The smallest absolute Gasteiger partial charge is 0.260 e. The number of fused-ring (bicyclic) bond motifs is 1. The van der Waals surface area contributed by atoms with Crippen LogP contribution in [-0.2, 0) is 4.79 Å². The largest absolute Gasteiger partial charge is 0.398 e. The molecular weight excluding hydrogens is 465 g/mol. The van der Waals surface area contributed by atoms with Gasteiger partial charge >= 0.3 is 0 Å². The molecule has 6 nitrogen and oxygen atoms in total. The lowest BCUT2D eigenvalue weighted by atomic mass is 9.89. The lowest BCUT2D eigenvalue weighted by Crippen LogP contribution is -2.53. The van der Waals surface area contributed by atoms with Crippen molar-refractivity contribution in [1.29, 1.82) is 5.41 Å². The number of anilines is 1. The van der Waals surface area contributed by atoms with Crippen LogP contribution in [0.1, 0.15) is 31.7 Å². The standard InChI is InChI=1S/C30H34FN5O/c1-2-21(19-32)20-35-17-13-30(31,14-18-35)29(37)36-15-11-22(12-16-36)27-24-8-4-6-10-26(24)34-28(27)23-7-3-5-9-25(23)33/h2-11,19,32,34H,12-18,20,33H2,1H3/b21-2+,32-19?. The molecule has 2 aliphatic heterocycles. The van der Waals surface area contributed by atoms with Crippen molar-refractivity contribution < 1.29 is 9.18 Å². The van der Waals surface area contributed by atoms with E-state index < -0.39 is 11.6 Å². The van der Waals surface area contributed by atoms with Crippen molar-refractivity contribution in [3.63, 3.8) is 0 Å². The topological polar surface area (TPSA) is 89.2 Å². The number of para-hydroxylation sites is 2. The zero-order valence-corrected chi connectivity index (χ0v) is 21.3. The van der Waals surface area contributed by atoms with Gasteiger partial charge in [-0.3, -0.25) is 9.69 Å². The zero-order chi connectivity index (χ0) is 26.0. The second kappa shape index (κ2) is 10.3. The molecular formula is C30H34FN5O. The molecule has 0 aliphatic carbocycles. The highest BCUT2D eigenvalue weighted by Gasteiger charge is 2.44. The van der Waals surface area contributed by atoms with Crippen LogP contribution in [0.25, 0.3) is 27.7 Å². The minimum absolute atomic E-state index is 0.188. The van der Waals surface area contributed by atoms with Crippen molar-refractivity contribution in [3.8, 4) is 11.3 Å². The zero-order valence-electron chi connectivity index (χ0n) is 21.3. The van der Waals surface area contributed by atoms with Crippen LogP contribution in [0.4, 0.5) is 10.1 Å². The van der Waals surface area contributed by atoms with E-state index in [0.717, 1.165) is 38.9 Å². The number of hydrogen-bond donors (Lipinski definition) is 3. The van der Waals surface area contributed by atoms with Crippen molar-refractivity contribution in [3.05, 3.63) is 71.8 Å². The second-order valence-electron chi connectivity index (χ2n) is 9.99. The van der Waals surface area contributed by atoms with E-state index in [-0.39, 0.29) is 12.8 Å². The number of allylic oxidation sites excluding steroid dienone is 1. The first-order chi connectivity index (χ1) is 17.9. The highest BCUT2D eigenvalue weighted by atomic mass is 19.1. The fourth-order valence-electron chi connectivity index (χ4n) is 5.52. The predicted octanol–water partition coefficient (Wildman–Crippen LogP) is 5.43. The van der Waals surface area contributed by atoms with Crippen LogP contribution in [0, 0.1) is 5.41 Å². The molecule has 0 bridgehead atoms. The minimum atomic E-state index is -1.83. The molecule has 0 atom stereocenters. The van der Waals surface area contributed by atoms with Gasteiger partial charge < -0.3 is 21.0 Å². The first kappa shape index (κ1) is 25.0. The summed E-state index contributed by atoms with van der Waals surface area (Å²) in [4.78, 5) is 20.6. The van der Waals surface area contributed by atoms with E-state index in [1.54, 1.807) is 4.90 Å². The number of H-pyrrole nitrogens is 1. The van der Waals surface area contributed by atoms with E-state index >= 15 is 4.39 Å². The number of carbonyl (C=O) groups excluding carboxylic acids is 1. The Morgan fingerprint density at radius 1 is 1.14 bits per heavy atom. The molecule has 0 spiro atoms. The van der Waals surface area contributed by atoms with Gasteiger partial charge in [0, 0.05) is 79.5 Å². The van der Waals surface area contributed by atoms with Crippen molar-refractivity contribution in [2.24, 2.45) is 0 Å². The maximum atomic E-state index is 15.8. The fourth-order valence-corrected chi connectivity index (χ4v) is 5.52. The van der Waals surface area contributed by atoms with Gasteiger partial charge in [-0.05, 0) is 36.6 Å². The first-order valence-electron chi connectivity index (χ1n) is 12.9. The Bertz CT molecular complexity index is 1380. The van der Waals surface area contributed by atoms with Crippen molar-refractivity contribution >= 4 is 34.3 Å². The number of nitrogens with two attached hydrogens (primary N) is 1. The summed E-state index contributed by atoms with van der Waals surface area (Å²) in [5.41, 5.74) is 11.3. The van der Waals surface area contributed by atoms with Crippen LogP contribution in [0.5, 0.6) is 0 Å². The van der Waals surface area contributed by atoms with Crippen molar-refractivity contribution in [2.45, 2.75) is 31.9 Å². The molecule has 192 valence electrons. The predicted molar refractivity (Wildman–Crippen MR) is 149 cm³/mol. The van der Waals surface area contributed by atoms with Gasteiger partial charge in [0.25, 0.3) is 5.91 Å². The molecule has 3 aromatic rings. The molecule has 7 heteroatoms. The van der Waals surface area contributed by atoms with E-state index in [9.17, 15) is 4.79 Å². The third kappa shape index (κ3) is 4.83. The second-order valence-corrected chi connectivity index (χ2v) is 9.99. The van der Waals surface area contributed by atoms with Gasteiger partial charge in [0.2, 0.25) is 0 Å². The van der Waals surface area contributed by atoms with Crippen LogP contribution in [-0.4, -0.2) is 65.3 Å². The molecule has 37 heavy (non-hydrogen) atoms. The van der Waals surface area contributed by atoms with Crippen molar-refractivity contribution in [1.82, 2.24) is 14.8 Å². The summed E-state index contributed by atoms with van der Waals surface area (Å²) in [7, 11) is 0. The van der Waals surface area contributed by atoms with Gasteiger partial charge in [-0.25, -0.2) is 4.39 Å². The van der Waals surface area contributed by atoms with E-state index in [1.807, 2.05) is 49.4 Å². The summed E-state index contributed by atoms with van der Waals surface area (Å²) in [6, 6.07) is 16.0. The summed E-state index contributed by atoms with van der Waals surface area (Å²) in [6.07, 6.45) is 6.34. The Kier molecular flexibility index (Phi) is 6.98. The Hall–Kier alpha value is -3.71. The number of aromatic amines is 1. The summed E-state index contributed by atoms with van der Waals surface area (Å²) in [5, 5.41) is 8.59. The number of nitrogens with zero attached hydrogens (tertiary/aromatic N) is 2. The number of benzene rings is 2. The summed E-state index contributed by atoms with van der Waals surface area (Å²) in [5.74, 6) is -0.396. The van der Waals surface area contributed by atoms with Crippen LogP contribution in [0.2, 0.25) is 0 Å². The van der Waals surface area contributed by atoms with Crippen LogP contribution in [0.15, 0.2) is 66.3 Å². The summed E-state index contributed by atoms with van der Waals surface area (Å²) < 4.78 is 15.8. The van der Waals surface area contributed by atoms with Gasteiger partial charge in [-0.1, -0.05) is 48.6 Å². The molecule has 1 saturated heterocycles. The Balaban J connectivity index is 1.35. The number of carbonyl (C=O) groups is 1. The SMILES string of the molecule is C/C=C(\C=N)CN1CCC(F)(C(=O)N2CC=C(c3c(-c4ccccc4N)[nH]c4ccccc34)CC2)CC1. The molecule has 3 heterocycles. The molecule has 0 unspecified atom stereocenters. The Labute approximate surface area is 217 Å². The average Bonchev–Trinajstić information content (AvgIpc) is 3.32. The number of hydrogen-bond acceptors (Lipinski definition) is 4. The van der Waals surface area contributed by atoms with Crippen LogP contribution in [0.3, 0.4) is 0 Å². The van der Waals surface area contributed by atoms with E-state index in [4.69, 9.17) is 11.1 Å². The number of halogens is 1. The molecule has 2 aromatic carbocycles. The number of nitrogen functional groups attached to an aromatic ring is 1.